The molecule has 1 fully saturated rings. The van der Waals surface area contributed by atoms with E-state index >= 15 is 0 Å². The normalized spacial score (nSPS) is 20.7. The van der Waals surface area contributed by atoms with E-state index in [-0.39, 0.29) is 36.9 Å². The van der Waals surface area contributed by atoms with E-state index in [1.54, 1.807) is 0 Å². The lowest BCUT2D eigenvalue weighted by molar-refractivity contribution is 1.28. The second-order valence-corrected chi connectivity index (χ2v) is 6.67. The Morgan fingerprint density at radius 1 is 0.714 bits per heavy atom. The maximum absolute atomic E-state index is 8.00. The molecule has 1 aromatic rings. The lowest BCUT2D eigenvalue weighted by Crippen LogP contribution is -2.20. The molecular weight excluding hydrogens is 376 g/mol. The van der Waals surface area contributed by atoms with Gasteiger partial charge in [-0.05, 0) is 11.8 Å². The van der Waals surface area contributed by atoms with Gasteiger partial charge in [0.05, 0.1) is 30.7 Å². The molecule has 2 aliphatic rings. The largest absolute Gasteiger partial charge is 0.339 e. The van der Waals surface area contributed by atoms with Crippen molar-refractivity contribution in [1.82, 2.24) is 10.6 Å². The highest BCUT2D eigenvalue weighted by Crippen LogP contribution is 2.47. The molecule has 0 unspecified atom stereocenters. The van der Waals surface area contributed by atoms with Gasteiger partial charge < -0.3 is 10.6 Å². The molecule has 0 spiro atoms. The van der Waals surface area contributed by atoms with Crippen LogP contribution < -0.4 is 10.6 Å². The van der Waals surface area contributed by atoms with Gasteiger partial charge in [-0.15, -0.1) is 0 Å². The van der Waals surface area contributed by atoms with Crippen LogP contribution in [-0.4, -0.2) is 16.8 Å². The van der Waals surface area contributed by atoms with Crippen LogP contribution in [0.2, 0.25) is 20.1 Å². The Morgan fingerprint density at radius 3 is 1.81 bits per heavy atom. The van der Waals surface area contributed by atoms with E-state index in [4.69, 9.17) is 62.6 Å². The second-order valence-electron chi connectivity index (χ2n) is 4.14. The lowest BCUT2D eigenvalue weighted by Gasteiger charge is -2.10. The zero-order chi connectivity index (χ0) is 15.5. The molecule has 1 aromatic carbocycles. The van der Waals surface area contributed by atoms with Crippen LogP contribution in [0.1, 0.15) is 11.1 Å². The predicted octanol–water partition coefficient (Wildman–Crippen LogP) is 4.15. The molecule has 21 heavy (non-hydrogen) atoms. The van der Waals surface area contributed by atoms with Crippen LogP contribution in [0.5, 0.6) is 0 Å². The van der Waals surface area contributed by atoms with Gasteiger partial charge in [0, 0.05) is 11.1 Å². The maximum Gasteiger partial charge on any atom is 0.164 e. The van der Waals surface area contributed by atoms with Crippen molar-refractivity contribution < 1.29 is 0 Å². The van der Waals surface area contributed by atoms with Gasteiger partial charge in [-0.1, -0.05) is 46.4 Å². The summed E-state index contributed by atoms with van der Waals surface area (Å²) >= 11 is 25.5. The Morgan fingerprint density at radius 2 is 1.29 bits per heavy atom. The standard InChI is InChI=1S/C11H5Cl4N5S/c12-3-1-2(4(13)6(15)5(3)14)9(16)19-7(1)8-10(17)20-11(18)21-8/h(H2,16,19)(H3,17,18,20)/b8-7+. The van der Waals surface area contributed by atoms with Gasteiger partial charge >= 0.3 is 0 Å². The number of hydrogen-bond acceptors (Lipinski definition) is 4. The van der Waals surface area contributed by atoms with Crippen molar-refractivity contribution in [3.05, 3.63) is 36.1 Å². The number of amidine groups is 3. The summed E-state index contributed by atoms with van der Waals surface area (Å²) in [5.74, 6) is 0.0659. The van der Waals surface area contributed by atoms with Gasteiger partial charge in [-0.25, -0.2) is 0 Å². The van der Waals surface area contributed by atoms with Crippen molar-refractivity contribution in [2.75, 3.05) is 0 Å². The van der Waals surface area contributed by atoms with Crippen LogP contribution in [0, 0.1) is 16.2 Å². The molecule has 108 valence electrons. The van der Waals surface area contributed by atoms with Crippen LogP contribution in [-0.2, 0) is 0 Å². The van der Waals surface area contributed by atoms with Crippen LogP contribution in [0.15, 0.2) is 4.91 Å². The average Bonchev–Trinajstić information content (AvgIpc) is 2.93. The van der Waals surface area contributed by atoms with Crippen molar-refractivity contribution in [3.8, 4) is 0 Å². The van der Waals surface area contributed by atoms with Gasteiger partial charge in [0.2, 0.25) is 0 Å². The summed E-state index contributed by atoms with van der Waals surface area (Å²) in [5, 5.41) is 29.4. The number of thioether (sulfide) groups is 1. The van der Waals surface area contributed by atoms with Crippen LogP contribution in [0.3, 0.4) is 0 Å². The summed E-state index contributed by atoms with van der Waals surface area (Å²) in [6, 6.07) is 0. The predicted molar refractivity (Wildman–Crippen MR) is 89.5 cm³/mol. The molecule has 10 heteroatoms. The highest BCUT2D eigenvalue weighted by Gasteiger charge is 2.35. The fourth-order valence-electron chi connectivity index (χ4n) is 2.05. The van der Waals surface area contributed by atoms with Crippen molar-refractivity contribution in [2.24, 2.45) is 0 Å². The molecule has 2 heterocycles. The van der Waals surface area contributed by atoms with Gasteiger partial charge in [-0.3, -0.25) is 16.2 Å². The van der Waals surface area contributed by atoms with Crippen LogP contribution in [0.4, 0.5) is 0 Å². The molecule has 0 amide bonds. The topological polar surface area (TPSA) is 95.6 Å². The third-order valence-corrected chi connectivity index (χ3v) is 5.63. The highest BCUT2D eigenvalue weighted by atomic mass is 35.5. The van der Waals surface area contributed by atoms with E-state index < -0.39 is 0 Å². The summed E-state index contributed by atoms with van der Waals surface area (Å²) < 4.78 is 0. The Bertz CT molecular complexity index is 786. The quantitative estimate of drug-likeness (QED) is 0.345. The molecule has 5 nitrogen and oxygen atoms in total. The molecule has 1 saturated heterocycles. The lowest BCUT2D eigenvalue weighted by atomic mass is 10.1. The third kappa shape index (κ3) is 2.13. The molecule has 5 N–H and O–H groups in total. The summed E-state index contributed by atoms with van der Waals surface area (Å²) in [4.78, 5) is 0.444. The van der Waals surface area contributed by atoms with Gasteiger partial charge in [0.1, 0.15) is 11.7 Å². The van der Waals surface area contributed by atoms with E-state index in [0.29, 0.717) is 21.7 Å². The van der Waals surface area contributed by atoms with E-state index in [1.165, 1.54) is 0 Å². The van der Waals surface area contributed by atoms with Crippen molar-refractivity contribution in [3.63, 3.8) is 0 Å². The Balaban J connectivity index is 2.36. The molecule has 0 aliphatic carbocycles. The average molecular weight is 381 g/mol. The number of fused-ring (bicyclic) bond motifs is 1. The van der Waals surface area contributed by atoms with Crippen LogP contribution in [0.25, 0.3) is 5.70 Å². The fourth-order valence-corrected chi connectivity index (χ4v) is 3.85. The molecule has 0 saturated carbocycles. The summed E-state index contributed by atoms with van der Waals surface area (Å²) in [5.41, 5.74) is 1.18. The third-order valence-electron chi connectivity index (χ3n) is 2.91. The van der Waals surface area contributed by atoms with Crippen molar-refractivity contribution in [2.45, 2.75) is 0 Å². The molecule has 0 radical (unpaired) electrons. The Labute approximate surface area is 143 Å². The van der Waals surface area contributed by atoms with E-state index in [0.717, 1.165) is 11.8 Å². The highest BCUT2D eigenvalue weighted by molar-refractivity contribution is 8.18. The van der Waals surface area contributed by atoms with Crippen molar-refractivity contribution in [1.29, 1.82) is 16.2 Å². The fraction of sp³-hybridized carbons (Fsp3) is 0. The van der Waals surface area contributed by atoms with Gasteiger partial charge in [-0.2, -0.15) is 0 Å². The molecule has 3 rings (SSSR count). The van der Waals surface area contributed by atoms with Gasteiger partial charge in [0.15, 0.2) is 5.17 Å². The van der Waals surface area contributed by atoms with E-state index in [1.807, 2.05) is 0 Å². The second kappa shape index (κ2) is 5.07. The number of halogens is 4. The van der Waals surface area contributed by atoms with E-state index in [2.05, 4.69) is 10.6 Å². The number of rotatable bonds is 0. The molecular formula is C11H5Cl4N5S. The maximum atomic E-state index is 8.00. The first-order valence-electron chi connectivity index (χ1n) is 5.41. The van der Waals surface area contributed by atoms with Crippen LogP contribution >= 0.6 is 58.2 Å². The minimum Gasteiger partial charge on any atom is -0.339 e. The Kier molecular flexibility index (Phi) is 3.62. The summed E-state index contributed by atoms with van der Waals surface area (Å²) in [7, 11) is 0. The first kappa shape index (κ1) is 15.0. The number of benzene rings is 1. The van der Waals surface area contributed by atoms with Crippen molar-refractivity contribution >= 4 is 80.7 Å². The minimum atomic E-state index is 0.0183. The first-order valence-corrected chi connectivity index (χ1v) is 7.74. The smallest absolute Gasteiger partial charge is 0.164 e. The molecule has 0 aromatic heterocycles. The summed E-state index contributed by atoms with van der Waals surface area (Å²) in [6.07, 6.45) is 0. The van der Waals surface area contributed by atoms with E-state index in [9.17, 15) is 0 Å². The molecule has 0 bridgehead atoms. The zero-order valence-corrected chi connectivity index (χ0v) is 13.8. The molecule has 0 atom stereocenters. The zero-order valence-electron chi connectivity index (χ0n) is 9.92. The first-order chi connectivity index (χ1) is 9.82. The Hall–Kier alpha value is -0.920. The van der Waals surface area contributed by atoms with Gasteiger partial charge in [0.25, 0.3) is 0 Å². The molecule has 2 aliphatic heterocycles. The monoisotopic (exact) mass is 379 g/mol. The summed E-state index contributed by atoms with van der Waals surface area (Å²) in [6.45, 7) is 0. The number of hydrogen-bond donors (Lipinski definition) is 5. The minimum absolute atomic E-state index is 0.0183. The SMILES string of the molecule is N=C1NC(=N)/C(=C2\NC(=N)c3c(Cl)c(Cl)c(Cl)c(Cl)c32)S1. The number of nitrogens with one attached hydrogen (secondary N) is 5.